The van der Waals surface area contributed by atoms with Crippen molar-refractivity contribution in [2.75, 3.05) is 26.3 Å². The molecule has 0 atom stereocenters. The van der Waals surface area contributed by atoms with Crippen molar-refractivity contribution >= 4 is 15.9 Å². The number of hydrogen-bond donors (Lipinski definition) is 0. The van der Waals surface area contributed by atoms with E-state index in [4.69, 9.17) is 9.47 Å². The van der Waals surface area contributed by atoms with E-state index in [1.54, 1.807) is 12.1 Å². The highest BCUT2D eigenvalue weighted by Gasteiger charge is 2.42. The van der Waals surface area contributed by atoms with Gasteiger partial charge in [0, 0.05) is 31.5 Å². The molecule has 2 saturated heterocycles. The smallest absolute Gasteiger partial charge is 0.285 e. The summed E-state index contributed by atoms with van der Waals surface area (Å²) in [4.78, 5) is 2.31. The fourth-order valence-electron chi connectivity index (χ4n) is 3.16. The van der Waals surface area contributed by atoms with Crippen LogP contribution in [-0.4, -0.2) is 51.2 Å². The first-order chi connectivity index (χ1) is 10.1. The molecule has 0 amide bonds. The lowest BCUT2D eigenvalue weighted by Crippen LogP contribution is -2.47. The van der Waals surface area contributed by atoms with Crippen LogP contribution in [0.1, 0.15) is 18.4 Å². The highest BCUT2D eigenvalue weighted by atomic mass is 32.2. The van der Waals surface area contributed by atoms with E-state index < -0.39 is 15.8 Å². The number of likely N-dealkylation sites (tertiary alicyclic amines) is 1. The molecule has 21 heavy (non-hydrogen) atoms. The third-order valence-corrected chi connectivity index (χ3v) is 5.58. The Morgan fingerprint density at radius 2 is 1.76 bits per heavy atom. The largest absolute Gasteiger partial charge is 0.355 e. The van der Waals surface area contributed by atoms with Crippen LogP contribution in [0.15, 0.2) is 33.6 Å². The topological polar surface area (TPSA) is 68.2 Å². The zero-order valence-electron chi connectivity index (χ0n) is 11.5. The molecular formula is C14H16N2O4S. The van der Waals surface area contributed by atoms with Crippen LogP contribution in [0.3, 0.4) is 0 Å². The van der Waals surface area contributed by atoms with Crippen LogP contribution in [0.4, 0.5) is 0 Å². The Labute approximate surface area is 123 Å². The average molecular weight is 308 g/mol. The second-order valence-corrected chi connectivity index (χ2v) is 7.05. The molecule has 0 radical (unpaired) electrons. The molecule has 1 aromatic carbocycles. The predicted molar refractivity (Wildman–Crippen MR) is 75.6 cm³/mol. The van der Waals surface area contributed by atoms with Crippen molar-refractivity contribution in [1.29, 1.82) is 0 Å². The van der Waals surface area contributed by atoms with Gasteiger partial charge in [0.1, 0.15) is 4.90 Å². The lowest BCUT2D eigenvalue weighted by molar-refractivity contribution is -0.180. The maximum absolute atomic E-state index is 12.1. The van der Waals surface area contributed by atoms with E-state index in [2.05, 4.69) is 4.40 Å². The summed E-state index contributed by atoms with van der Waals surface area (Å²) in [6.07, 6.45) is 1.46. The third-order valence-electron chi connectivity index (χ3n) is 4.25. The Bertz CT molecular complexity index is 697. The van der Waals surface area contributed by atoms with Crippen LogP contribution in [0.5, 0.6) is 0 Å². The zero-order valence-corrected chi connectivity index (χ0v) is 12.3. The molecule has 0 N–H and O–H groups in total. The first kappa shape index (κ1) is 13.2. The molecule has 1 spiro atoms. The van der Waals surface area contributed by atoms with Crippen LogP contribution in [0.25, 0.3) is 0 Å². The van der Waals surface area contributed by atoms with E-state index in [-0.39, 0.29) is 0 Å². The maximum atomic E-state index is 12.1. The SMILES string of the molecule is O=S1(=O)N=C(N2CCC3(CC2)OCCO3)c2ccccc21. The van der Waals surface area contributed by atoms with Crippen LogP contribution in [-0.2, 0) is 19.5 Å². The number of amidine groups is 1. The van der Waals surface area contributed by atoms with Crippen molar-refractivity contribution in [2.24, 2.45) is 4.40 Å². The van der Waals surface area contributed by atoms with E-state index in [0.29, 0.717) is 42.6 Å². The Balaban J connectivity index is 1.61. The maximum Gasteiger partial charge on any atom is 0.285 e. The summed E-state index contributed by atoms with van der Waals surface area (Å²) >= 11 is 0. The van der Waals surface area contributed by atoms with Gasteiger partial charge in [0.2, 0.25) is 0 Å². The van der Waals surface area contributed by atoms with Gasteiger partial charge in [0.25, 0.3) is 10.0 Å². The lowest BCUT2D eigenvalue weighted by atomic mass is 10.0. The van der Waals surface area contributed by atoms with Gasteiger partial charge in [-0.05, 0) is 12.1 Å². The van der Waals surface area contributed by atoms with Crippen molar-refractivity contribution in [1.82, 2.24) is 4.90 Å². The van der Waals surface area contributed by atoms with E-state index >= 15 is 0 Å². The summed E-state index contributed by atoms with van der Waals surface area (Å²) in [6.45, 7) is 2.64. The lowest BCUT2D eigenvalue weighted by Gasteiger charge is -2.38. The number of fused-ring (bicyclic) bond motifs is 1. The highest BCUT2D eigenvalue weighted by molar-refractivity contribution is 7.90. The van der Waals surface area contributed by atoms with Crippen LogP contribution >= 0.6 is 0 Å². The van der Waals surface area contributed by atoms with Crippen molar-refractivity contribution in [3.05, 3.63) is 29.8 Å². The second kappa shape index (κ2) is 4.53. The molecule has 0 aliphatic carbocycles. The van der Waals surface area contributed by atoms with Gasteiger partial charge in [-0.15, -0.1) is 4.40 Å². The molecule has 0 saturated carbocycles. The minimum atomic E-state index is -3.55. The summed E-state index contributed by atoms with van der Waals surface area (Å²) < 4.78 is 39.5. The third kappa shape index (κ3) is 2.07. The predicted octanol–water partition coefficient (Wildman–Crippen LogP) is 0.974. The molecular weight excluding hydrogens is 292 g/mol. The Hall–Kier alpha value is -1.44. The molecule has 7 heteroatoms. The molecule has 0 unspecified atom stereocenters. The second-order valence-electron chi connectivity index (χ2n) is 5.48. The number of sulfonamides is 1. The number of ether oxygens (including phenoxy) is 2. The van der Waals surface area contributed by atoms with Crippen LogP contribution < -0.4 is 0 Å². The Kier molecular flexibility index (Phi) is 2.85. The molecule has 3 heterocycles. The van der Waals surface area contributed by atoms with Crippen LogP contribution in [0.2, 0.25) is 0 Å². The molecule has 3 aliphatic rings. The first-order valence-corrected chi connectivity index (χ1v) is 8.51. The molecule has 3 aliphatic heterocycles. The number of piperidine rings is 1. The fraction of sp³-hybridized carbons (Fsp3) is 0.500. The number of benzene rings is 1. The van der Waals surface area contributed by atoms with Crippen molar-refractivity contribution in [2.45, 2.75) is 23.5 Å². The minimum Gasteiger partial charge on any atom is -0.355 e. The quantitative estimate of drug-likeness (QED) is 0.714. The summed E-state index contributed by atoms with van der Waals surface area (Å²) in [6, 6.07) is 6.98. The van der Waals surface area contributed by atoms with Crippen molar-refractivity contribution < 1.29 is 17.9 Å². The van der Waals surface area contributed by atoms with Crippen molar-refractivity contribution in [3.63, 3.8) is 0 Å². The van der Waals surface area contributed by atoms with Gasteiger partial charge in [0.05, 0.1) is 13.2 Å². The first-order valence-electron chi connectivity index (χ1n) is 7.07. The van der Waals surface area contributed by atoms with E-state index in [1.807, 2.05) is 17.0 Å². The van der Waals surface area contributed by atoms with E-state index in [0.717, 1.165) is 12.8 Å². The van der Waals surface area contributed by atoms with E-state index in [9.17, 15) is 8.42 Å². The summed E-state index contributed by atoms with van der Waals surface area (Å²) in [5.74, 6) is 0.0899. The molecule has 1 aromatic rings. The Morgan fingerprint density at radius 3 is 2.48 bits per heavy atom. The molecule has 2 fully saturated rings. The zero-order chi connectivity index (χ0) is 14.5. The summed E-state index contributed by atoms with van der Waals surface area (Å²) in [5, 5.41) is 0. The average Bonchev–Trinajstić information content (AvgIpc) is 3.04. The number of nitrogens with zero attached hydrogens (tertiary/aromatic N) is 2. The van der Waals surface area contributed by atoms with Gasteiger partial charge < -0.3 is 14.4 Å². The minimum absolute atomic E-state index is 0.300. The molecule has 112 valence electrons. The Morgan fingerprint density at radius 1 is 1.10 bits per heavy atom. The van der Waals surface area contributed by atoms with E-state index in [1.165, 1.54) is 0 Å². The number of rotatable bonds is 0. The summed E-state index contributed by atoms with van der Waals surface area (Å²) in [5.41, 5.74) is 0.696. The standard InChI is InChI=1S/C14H16N2O4S/c17-21(18)12-4-2-1-3-11(12)13(15-21)16-7-5-14(6-8-16)19-9-10-20-14/h1-4H,5-10H2. The molecule has 4 rings (SSSR count). The molecule has 0 aromatic heterocycles. The van der Waals surface area contributed by atoms with Gasteiger partial charge in [-0.1, -0.05) is 12.1 Å². The number of hydrogen-bond acceptors (Lipinski definition) is 5. The van der Waals surface area contributed by atoms with Gasteiger partial charge in [-0.3, -0.25) is 0 Å². The highest BCUT2D eigenvalue weighted by Crippen LogP contribution is 2.34. The van der Waals surface area contributed by atoms with Crippen LogP contribution in [0, 0.1) is 0 Å². The van der Waals surface area contributed by atoms with Gasteiger partial charge in [-0.25, -0.2) is 0 Å². The molecule has 6 nitrogen and oxygen atoms in total. The van der Waals surface area contributed by atoms with Crippen molar-refractivity contribution in [3.8, 4) is 0 Å². The summed E-state index contributed by atoms with van der Waals surface area (Å²) in [7, 11) is -3.55. The normalized spacial score (nSPS) is 25.9. The monoisotopic (exact) mass is 308 g/mol. The molecule has 0 bridgehead atoms. The van der Waals surface area contributed by atoms with Gasteiger partial charge >= 0.3 is 0 Å². The fourth-order valence-corrected chi connectivity index (χ4v) is 4.39. The van der Waals surface area contributed by atoms with Gasteiger partial charge in [0.15, 0.2) is 11.6 Å². The van der Waals surface area contributed by atoms with Gasteiger partial charge in [-0.2, -0.15) is 8.42 Å².